The van der Waals surface area contributed by atoms with Gasteiger partial charge in [0, 0.05) is 62.7 Å². The average Bonchev–Trinajstić information content (AvgIpc) is 3.58. The number of hydrogen-bond donors (Lipinski definition) is 1. The molecule has 0 spiro atoms. The normalized spacial score (nSPS) is 19.2. The van der Waals surface area contributed by atoms with Crippen LogP contribution in [-0.4, -0.2) is 70.2 Å². The van der Waals surface area contributed by atoms with Crippen LogP contribution in [0.25, 0.3) is 5.65 Å². The van der Waals surface area contributed by atoms with E-state index in [2.05, 4.69) is 20.3 Å². The number of carbonyl (C=O) groups excluding carboxylic acids is 2. The van der Waals surface area contributed by atoms with Crippen molar-refractivity contribution >= 4 is 34.7 Å². The van der Waals surface area contributed by atoms with Crippen molar-refractivity contribution in [3.8, 4) is 0 Å². The summed E-state index contributed by atoms with van der Waals surface area (Å²) in [6.07, 6.45) is 1.73. The number of nitrogens with zero attached hydrogens (tertiary/aromatic N) is 6. The highest BCUT2D eigenvalue weighted by Crippen LogP contribution is 2.38. The summed E-state index contributed by atoms with van der Waals surface area (Å²) in [5, 5.41) is 7.08. The number of hydrogen-bond acceptors (Lipinski definition) is 6. The number of rotatable bonds is 5. The van der Waals surface area contributed by atoms with Gasteiger partial charge in [-0.25, -0.2) is 22.7 Å². The van der Waals surface area contributed by atoms with Crippen LogP contribution in [0.1, 0.15) is 35.3 Å². The number of nitrogens with one attached hydrogen (secondary N) is 1. The number of piperazine rings is 1. The molecule has 2 atom stereocenters. The molecule has 1 N–H and O–H groups in total. The van der Waals surface area contributed by atoms with Gasteiger partial charge < -0.3 is 20.0 Å². The largest absolute Gasteiger partial charge is 0.368 e. The van der Waals surface area contributed by atoms with Gasteiger partial charge in [-0.3, -0.25) is 9.59 Å². The van der Waals surface area contributed by atoms with Crippen LogP contribution >= 0.6 is 0 Å². The first kappa shape index (κ1) is 26.6. The highest BCUT2D eigenvalue weighted by molar-refractivity contribution is 6.08. The van der Waals surface area contributed by atoms with Crippen LogP contribution in [0.5, 0.6) is 0 Å². The van der Waals surface area contributed by atoms with E-state index in [9.17, 15) is 22.8 Å². The molecule has 2 fully saturated rings. The Morgan fingerprint density at radius 3 is 2.49 bits per heavy atom. The summed E-state index contributed by atoms with van der Waals surface area (Å²) in [4.78, 5) is 35.0. The minimum Gasteiger partial charge on any atom is -0.368 e. The van der Waals surface area contributed by atoms with E-state index in [1.54, 1.807) is 36.2 Å². The Kier molecular flexibility index (Phi) is 6.98. The van der Waals surface area contributed by atoms with Crippen LogP contribution < -0.4 is 15.1 Å². The standard InChI is InChI=1S/C29H28F3N7O2/c1-18(40)36-10-12-37(13-11-36)22-5-3-21(4-6-22)34-29(41)24-16-33-39-9-8-27(35-28(24)39)38-17-20(31)15-26(38)23-14-19(30)2-7-25(23)32/h2-9,14,16,20,26H,10-13,15,17H2,1H3,(H,34,41)/t20-,26+/m0/s1. The first-order chi connectivity index (χ1) is 19.8. The van der Waals surface area contributed by atoms with Crippen LogP contribution in [0.3, 0.4) is 0 Å². The van der Waals surface area contributed by atoms with Crippen molar-refractivity contribution < 1.29 is 22.8 Å². The molecule has 2 aromatic carbocycles. The molecule has 4 aromatic rings. The Bertz CT molecular complexity index is 1600. The van der Waals surface area contributed by atoms with E-state index in [4.69, 9.17) is 0 Å². The Morgan fingerprint density at radius 1 is 1.00 bits per heavy atom. The zero-order valence-electron chi connectivity index (χ0n) is 22.3. The van der Waals surface area contributed by atoms with Gasteiger partial charge in [-0.15, -0.1) is 0 Å². The van der Waals surface area contributed by atoms with Crippen LogP contribution in [0.15, 0.2) is 60.9 Å². The van der Waals surface area contributed by atoms with E-state index in [1.165, 1.54) is 10.7 Å². The molecule has 9 nitrogen and oxygen atoms in total. The van der Waals surface area contributed by atoms with Crippen molar-refractivity contribution in [2.24, 2.45) is 0 Å². The number of alkyl halides is 1. The monoisotopic (exact) mass is 563 g/mol. The molecule has 12 heteroatoms. The summed E-state index contributed by atoms with van der Waals surface area (Å²) in [5.41, 5.74) is 2.09. The fraction of sp³-hybridized carbons (Fsp3) is 0.310. The molecule has 0 unspecified atom stereocenters. The second-order valence-electron chi connectivity index (χ2n) is 10.3. The smallest absolute Gasteiger partial charge is 0.261 e. The maximum absolute atomic E-state index is 14.6. The predicted octanol–water partition coefficient (Wildman–Crippen LogP) is 4.22. The quantitative estimate of drug-likeness (QED) is 0.392. The number of benzene rings is 2. The number of carbonyl (C=O) groups is 2. The maximum Gasteiger partial charge on any atom is 0.261 e. The molecule has 4 heterocycles. The third-order valence-corrected chi connectivity index (χ3v) is 7.68. The summed E-state index contributed by atoms with van der Waals surface area (Å²) in [6.45, 7) is 4.32. The van der Waals surface area contributed by atoms with Gasteiger partial charge in [0.2, 0.25) is 5.91 Å². The van der Waals surface area contributed by atoms with Gasteiger partial charge in [0.1, 0.15) is 29.2 Å². The number of aromatic nitrogens is 3. The topological polar surface area (TPSA) is 86.1 Å². The molecule has 2 aliphatic heterocycles. The number of halogens is 3. The fourth-order valence-corrected chi connectivity index (χ4v) is 5.52. The Morgan fingerprint density at radius 2 is 1.76 bits per heavy atom. The van der Waals surface area contributed by atoms with E-state index in [0.717, 1.165) is 37.0 Å². The lowest BCUT2D eigenvalue weighted by atomic mass is 10.0. The molecule has 2 aromatic heterocycles. The Labute approximate surface area is 234 Å². The third-order valence-electron chi connectivity index (χ3n) is 7.68. The SMILES string of the molecule is CC(=O)N1CCN(c2ccc(NC(=O)c3cnn4ccc(N5C[C@@H](F)C[C@@H]5c5cc(F)ccc5F)nc34)cc2)CC1. The van der Waals surface area contributed by atoms with Gasteiger partial charge in [0.25, 0.3) is 5.91 Å². The summed E-state index contributed by atoms with van der Waals surface area (Å²) in [7, 11) is 0. The molecule has 212 valence electrons. The third kappa shape index (κ3) is 5.29. The van der Waals surface area contributed by atoms with Crippen LogP contribution in [0.4, 0.5) is 30.4 Å². The molecule has 2 amide bonds. The minimum atomic E-state index is -1.26. The lowest BCUT2D eigenvalue weighted by Crippen LogP contribution is -2.48. The van der Waals surface area contributed by atoms with Gasteiger partial charge in [0.05, 0.1) is 18.8 Å². The number of amides is 2. The molecule has 41 heavy (non-hydrogen) atoms. The number of fused-ring (bicyclic) bond motifs is 1. The van der Waals surface area contributed by atoms with E-state index in [1.807, 2.05) is 17.0 Å². The highest BCUT2D eigenvalue weighted by atomic mass is 19.1. The number of anilines is 3. The van der Waals surface area contributed by atoms with Gasteiger partial charge >= 0.3 is 0 Å². The molecule has 0 radical (unpaired) electrons. The zero-order chi connectivity index (χ0) is 28.7. The molecule has 2 aliphatic rings. The minimum absolute atomic E-state index is 0.0117. The van der Waals surface area contributed by atoms with E-state index >= 15 is 0 Å². The first-order valence-electron chi connectivity index (χ1n) is 13.4. The van der Waals surface area contributed by atoms with Crippen molar-refractivity contribution in [2.75, 3.05) is 47.8 Å². The van der Waals surface area contributed by atoms with E-state index < -0.39 is 29.8 Å². The van der Waals surface area contributed by atoms with Gasteiger partial charge in [0.15, 0.2) is 5.65 Å². The summed E-state index contributed by atoms with van der Waals surface area (Å²) in [6, 6.07) is 11.4. The molecule has 0 saturated carbocycles. The molecular formula is C29H28F3N7O2. The lowest BCUT2D eigenvalue weighted by Gasteiger charge is -2.35. The first-order valence-corrected chi connectivity index (χ1v) is 13.4. The van der Waals surface area contributed by atoms with Gasteiger partial charge in [-0.2, -0.15) is 5.10 Å². The lowest BCUT2D eigenvalue weighted by molar-refractivity contribution is -0.129. The molecule has 0 bridgehead atoms. The van der Waals surface area contributed by atoms with Crippen molar-refractivity contribution in [2.45, 2.75) is 25.6 Å². The zero-order valence-corrected chi connectivity index (χ0v) is 22.3. The second-order valence-corrected chi connectivity index (χ2v) is 10.3. The van der Waals surface area contributed by atoms with Crippen LogP contribution in [0.2, 0.25) is 0 Å². The van der Waals surface area contributed by atoms with Crippen molar-refractivity contribution in [1.29, 1.82) is 0 Å². The average molecular weight is 564 g/mol. The fourth-order valence-electron chi connectivity index (χ4n) is 5.52. The van der Waals surface area contributed by atoms with Gasteiger partial charge in [-0.1, -0.05) is 0 Å². The Hall–Kier alpha value is -4.61. The van der Waals surface area contributed by atoms with Crippen molar-refractivity contribution in [3.05, 3.63) is 83.7 Å². The predicted molar refractivity (Wildman–Crippen MR) is 148 cm³/mol. The highest BCUT2D eigenvalue weighted by Gasteiger charge is 2.36. The van der Waals surface area contributed by atoms with E-state index in [0.29, 0.717) is 24.6 Å². The summed E-state index contributed by atoms with van der Waals surface area (Å²) in [5.74, 6) is -1.25. The second kappa shape index (κ2) is 10.8. The maximum atomic E-state index is 14.6. The van der Waals surface area contributed by atoms with Crippen LogP contribution in [-0.2, 0) is 4.79 Å². The van der Waals surface area contributed by atoms with Gasteiger partial charge in [-0.05, 0) is 48.5 Å². The molecular weight excluding hydrogens is 535 g/mol. The van der Waals surface area contributed by atoms with Crippen LogP contribution in [0, 0.1) is 11.6 Å². The molecule has 0 aliphatic carbocycles. The van der Waals surface area contributed by atoms with Crippen molar-refractivity contribution in [3.63, 3.8) is 0 Å². The summed E-state index contributed by atoms with van der Waals surface area (Å²) >= 11 is 0. The summed E-state index contributed by atoms with van der Waals surface area (Å²) < 4.78 is 44.5. The van der Waals surface area contributed by atoms with Crippen molar-refractivity contribution in [1.82, 2.24) is 19.5 Å². The molecule has 6 rings (SSSR count). The Balaban J connectivity index is 1.20. The van der Waals surface area contributed by atoms with E-state index in [-0.39, 0.29) is 35.6 Å². The molecule has 2 saturated heterocycles.